The number of nitrogens with zero attached hydrogens (tertiary/aromatic N) is 3. The van der Waals surface area contributed by atoms with E-state index in [4.69, 9.17) is 9.26 Å². The highest BCUT2D eigenvalue weighted by molar-refractivity contribution is 5.05. The maximum absolute atomic E-state index is 5.75. The van der Waals surface area contributed by atoms with E-state index in [9.17, 15) is 0 Å². The maximum Gasteiger partial charge on any atom is 0.244 e. The van der Waals surface area contributed by atoms with Gasteiger partial charge in [0.05, 0.1) is 12.6 Å². The largest absolute Gasteiger partial charge is 0.367 e. The molecule has 1 aromatic heterocycles. The highest BCUT2D eigenvalue weighted by atomic mass is 16.5. The minimum atomic E-state index is -0.0490. The molecule has 6 heteroatoms. The molecule has 0 radical (unpaired) electrons. The summed E-state index contributed by atoms with van der Waals surface area (Å²) >= 11 is 0. The van der Waals surface area contributed by atoms with Crippen LogP contribution >= 0.6 is 0 Å². The van der Waals surface area contributed by atoms with Gasteiger partial charge in [-0.05, 0) is 38.3 Å². The number of rotatable bonds is 2. The van der Waals surface area contributed by atoms with Crippen LogP contribution in [-0.2, 0) is 4.74 Å². The predicted octanol–water partition coefficient (Wildman–Crippen LogP) is 1.13. The molecular formula is C14H22N4O2. The molecule has 2 aliphatic heterocycles. The third-order valence-corrected chi connectivity index (χ3v) is 5.03. The SMILES string of the molecule is CN1CCOC(c2noc(C3NCC4CCCC43)n2)C1. The van der Waals surface area contributed by atoms with Crippen LogP contribution in [-0.4, -0.2) is 48.3 Å². The van der Waals surface area contributed by atoms with E-state index in [1.165, 1.54) is 19.3 Å². The molecule has 6 nitrogen and oxygen atoms in total. The van der Waals surface area contributed by atoms with Gasteiger partial charge in [-0.3, -0.25) is 0 Å². The Bertz CT molecular complexity index is 477. The first-order valence-electron chi connectivity index (χ1n) is 7.68. The van der Waals surface area contributed by atoms with E-state index >= 15 is 0 Å². The van der Waals surface area contributed by atoms with Crippen molar-refractivity contribution >= 4 is 0 Å². The smallest absolute Gasteiger partial charge is 0.244 e. The summed E-state index contributed by atoms with van der Waals surface area (Å²) in [4.78, 5) is 6.86. The molecular weight excluding hydrogens is 256 g/mol. The van der Waals surface area contributed by atoms with Crippen LogP contribution in [0.5, 0.6) is 0 Å². The minimum Gasteiger partial charge on any atom is -0.367 e. The molecule has 4 rings (SSSR count). The van der Waals surface area contributed by atoms with Gasteiger partial charge < -0.3 is 19.5 Å². The number of aromatic nitrogens is 2. The first-order chi connectivity index (χ1) is 9.81. The number of ether oxygens (including phenoxy) is 1. The van der Waals surface area contributed by atoms with Crippen LogP contribution in [0.1, 0.15) is 43.1 Å². The van der Waals surface area contributed by atoms with Crippen molar-refractivity contribution < 1.29 is 9.26 Å². The average molecular weight is 278 g/mol. The van der Waals surface area contributed by atoms with E-state index in [1.807, 2.05) is 0 Å². The van der Waals surface area contributed by atoms with Gasteiger partial charge in [0, 0.05) is 13.1 Å². The Balaban J connectivity index is 1.50. The molecule has 1 saturated carbocycles. The van der Waals surface area contributed by atoms with Gasteiger partial charge in [-0.2, -0.15) is 4.98 Å². The fourth-order valence-electron chi connectivity index (χ4n) is 3.90. The number of hydrogen-bond donors (Lipinski definition) is 1. The van der Waals surface area contributed by atoms with Gasteiger partial charge in [0.25, 0.3) is 0 Å². The lowest BCUT2D eigenvalue weighted by atomic mass is 9.94. The lowest BCUT2D eigenvalue weighted by Crippen LogP contribution is -2.35. The van der Waals surface area contributed by atoms with Crippen LogP contribution in [0.2, 0.25) is 0 Å². The maximum atomic E-state index is 5.75. The number of morpholine rings is 1. The molecule has 110 valence electrons. The molecule has 0 bridgehead atoms. The second kappa shape index (κ2) is 5.09. The van der Waals surface area contributed by atoms with Crippen molar-refractivity contribution in [2.24, 2.45) is 11.8 Å². The van der Waals surface area contributed by atoms with Gasteiger partial charge in [0.1, 0.15) is 6.10 Å². The molecule has 3 aliphatic rings. The van der Waals surface area contributed by atoms with Crippen LogP contribution in [0.4, 0.5) is 0 Å². The van der Waals surface area contributed by atoms with E-state index in [2.05, 4.69) is 27.4 Å². The molecule has 4 atom stereocenters. The Morgan fingerprint density at radius 3 is 3.20 bits per heavy atom. The van der Waals surface area contributed by atoms with Crippen LogP contribution < -0.4 is 5.32 Å². The summed E-state index contributed by atoms with van der Waals surface area (Å²) in [5.41, 5.74) is 0. The third-order valence-electron chi connectivity index (χ3n) is 5.03. The number of likely N-dealkylation sites (N-methyl/N-ethyl adjacent to an activating group) is 1. The van der Waals surface area contributed by atoms with Crippen LogP contribution in [0, 0.1) is 11.8 Å². The summed E-state index contributed by atoms with van der Waals surface area (Å²) in [7, 11) is 2.10. The summed E-state index contributed by atoms with van der Waals surface area (Å²) in [6, 6.07) is 0.255. The second-order valence-corrected chi connectivity index (χ2v) is 6.35. The molecule has 4 unspecified atom stereocenters. The summed E-state index contributed by atoms with van der Waals surface area (Å²) in [6.45, 7) is 3.63. The van der Waals surface area contributed by atoms with E-state index in [0.717, 1.165) is 38.0 Å². The minimum absolute atomic E-state index is 0.0490. The Labute approximate surface area is 118 Å². The van der Waals surface area contributed by atoms with Crippen molar-refractivity contribution in [3.05, 3.63) is 11.7 Å². The van der Waals surface area contributed by atoms with Crippen LogP contribution in [0.15, 0.2) is 4.52 Å². The molecule has 1 N–H and O–H groups in total. The summed E-state index contributed by atoms with van der Waals surface area (Å²) in [6.07, 6.45) is 3.91. The Kier molecular flexibility index (Phi) is 3.24. The van der Waals surface area contributed by atoms with Gasteiger partial charge in [-0.25, -0.2) is 0 Å². The third kappa shape index (κ3) is 2.16. The summed E-state index contributed by atoms with van der Waals surface area (Å²) < 4.78 is 11.3. The monoisotopic (exact) mass is 278 g/mol. The van der Waals surface area contributed by atoms with E-state index < -0.39 is 0 Å². The van der Waals surface area contributed by atoms with Crippen LogP contribution in [0.25, 0.3) is 0 Å². The first-order valence-corrected chi connectivity index (χ1v) is 7.68. The van der Waals surface area contributed by atoms with Crippen molar-refractivity contribution in [1.29, 1.82) is 0 Å². The summed E-state index contributed by atoms with van der Waals surface area (Å²) in [5.74, 6) is 2.94. The molecule has 2 saturated heterocycles. The second-order valence-electron chi connectivity index (χ2n) is 6.35. The highest BCUT2D eigenvalue weighted by Crippen LogP contribution is 2.44. The Morgan fingerprint density at radius 2 is 2.30 bits per heavy atom. The van der Waals surface area contributed by atoms with Gasteiger partial charge in [-0.15, -0.1) is 0 Å². The number of nitrogens with one attached hydrogen (secondary N) is 1. The van der Waals surface area contributed by atoms with E-state index in [0.29, 0.717) is 11.7 Å². The average Bonchev–Trinajstić information content (AvgIpc) is 3.14. The topological polar surface area (TPSA) is 63.4 Å². The Morgan fingerprint density at radius 1 is 1.35 bits per heavy atom. The van der Waals surface area contributed by atoms with Gasteiger partial charge in [-0.1, -0.05) is 11.6 Å². The molecule has 3 fully saturated rings. The number of fused-ring (bicyclic) bond motifs is 1. The van der Waals surface area contributed by atoms with Crippen molar-refractivity contribution in [3.8, 4) is 0 Å². The number of hydrogen-bond acceptors (Lipinski definition) is 6. The predicted molar refractivity (Wildman–Crippen MR) is 72.1 cm³/mol. The quantitative estimate of drug-likeness (QED) is 0.875. The highest BCUT2D eigenvalue weighted by Gasteiger charge is 2.42. The zero-order valence-electron chi connectivity index (χ0n) is 11.9. The molecule has 1 aliphatic carbocycles. The zero-order valence-corrected chi connectivity index (χ0v) is 11.9. The lowest BCUT2D eigenvalue weighted by molar-refractivity contribution is -0.0264. The fourth-order valence-corrected chi connectivity index (χ4v) is 3.90. The fraction of sp³-hybridized carbons (Fsp3) is 0.857. The molecule has 1 aromatic rings. The lowest BCUT2D eigenvalue weighted by Gasteiger charge is -2.27. The first kappa shape index (κ1) is 12.7. The van der Waals surface area contributed by atoms with Crippen molar-refractivity contribution in [2.45, 2.75) is 31.4 Å². The normalized spacial score (nSPS) is 38.2. The molecule has 0 spiro atoms. The van der Waals surface area contributed by atoms with Gasteiger partial charge >= 0.3 is 0 Å². The molecule has 0 aromatic carbocycles. The van der Waals surface area contributed by atoms with Crippen LogP contribution in [0.3, 0.4) is 0 Å². The van der Waals surface area contributed by atoms with Crippen molar-refractivity contribution in [1.82, 2.24) is 20.4 Å². The van der Waals surface area contributed by atoms with Crippen molar-refractivity contribution in [3.63, 3.8) is 0 Å². The van der Waals surface area contributed by atoms with Gasteiger partial charge in [0.15, 0.2) is 0 Å². The summed E-state index contributed by atoms with van der Waals surface area (Å²) in [5, 5.41) is 7.71. The van der Waals surface area contributed by atoms with Gasteiger partial charge in [0.2, 0.25) is 11.7 Å². The van der Waals surface area contributed by atoms with E-state index in [-0.39, 0.29) is 12.1 Å². The van der Waals surface area contributed by atoms with E-state index in [1.54, 1.807) is 0 Å². The zero-order chi connectivity index (χ0) is 13.5. The van der Waals surface area contributed by atoms with Crippen molar-refractivity contribution in [2.75, 3.05) is 33.3 Å². The molecule has 0 amide bonds. The molecule has 3 heterocycles. The molecule has 20 heavy (non-hydrogen) atoms. The Hall–Kier alpha value is -0.980. The standard InChI is InChI=1S/C14H22N4O2/c1-18-5-6-19-11(8-18)13-16-14(20-17-13)12-10-4-2-3-9(10)7-15-12/h9-12,15H,2-8H2,1H3.